The van der Waals surface area contributed by atoms with Crippen LogP contribution >= 0.6 is 11.6 Å². The molecule has 1 amide bonds. The van der Waals surface area contributed by atoms with Crippen molar-refractivity contribution in [2.24, 2.45) is 0 Å². The summed E-state index contributed by atoms with van der Waals surface area (Å²) >= 11 is 6.14. The molecular weight excluding hydrogens is 312 g/mol. The van der Waals surface area contributed by atoms with Crippen LogP contribution in [0.15, 0.2) is 30.5 Å². The van der Waals surface area contributed by atoms with Gasteiger partial charge in [0, 0.05) is 12.7 Å². The number of fused-ring (bicyclic) bond motifs is 2. The van der Waals surface area contributed by atoms with Crippen LogP contribution in [-0.2, 0) is 6.54 Å². The minimum atomic E-state index is -0.246. The van der Waals surface area contributed by atoms with Crippen LogP contribution in [0.4, 0.5) is 17.2 Å². The first-order valence-corrected chi connectivity index (χ1v) is 8.08. The third-order valence-corrected chi connectivity index (χ3v) is 4.33. The Morgan fingerprint density at radius 2 is 1.91 bits per heavy atom. The molecule has 6 heteroatoms. The van der Waals surface area contributed by atoms with Crippen LogP contribution in [-0.4, -0.2) is 28.9 Å². The van der Waals surface area contributed by atoms with Gasteiger partial charge in [-0.25, -0.2) is 4.98 Å². The Morgan fingerprint density at radius 3 is 2.65 bits per heavy atom. The zero-order chi connectivity index (χ0) is 16.4. The van der Waals surface area contributed by atoms with E-state index in [1.54, 1.807) is 12.3 Å². The molecule has 1 aliphatic heterocycles. The number of nitrogens with one attached hydrogen (secondary N) is 2. The van der Waals surface area contributed by atoms with Gasteiger partial charge < -0.3 is 10.6 Å². The molecule has 1 aromatic carbocycles. The summed E-state index contributed by atoms with van der Waals surface area (Å²) in [4.78, 5) is 19.0. The molecule has 0 spiro atoms. The van der Waals surface area contributed by atoms with Gasteiger partial charge in [0.05, 0.1) is 16.4 Å². The summed E-state index contributed by atoms with van der Waals surface area (Å²) in [5.41, 5.74) is 3.08. The van der Waals surface area contributed by atoms with E-state index in [0.29, 0.717) is 16.4 Å². The summed E-state index contributed by atoms with van der Waals surface area (Å²) in [6.07, 6.45) is 1.58. The number of pyridine rings is 1. The molecule has 2 N–H and O–H groups in total. The molecule has 0 atom stereocenters. The zero-order valence-electron chi connectivity index (χ0n) is 13.2. The molecule has 2 heterocycles. The van der Waals surface area contributed by atoms with Crippen LogP contribution < -0.4 is 10.6 Å². The maximum absolute atomic E-state index is 12.4. The Morgan fingerprint density at radius 1 is 1.13 bits per heavy atom. The van der Waals surface area contributed by atoms with E-state index in [-0.39, 0.29) is 5.91 Å². The monoisotopic (exact) mass is 330 g/mol. The number of benzene rings is 1. The first-order valence-electron chi connectivity index (χ1n) is 7.70. The van der Waals surface area contributed by atoms with Crippen molar-refractivity contribution in [2.75, 3.05) is 23.7 Å². The van der Waals surface area contributed by atoms with Crippen molar-refractivity contribution in [1.29, 1.82) is 0 Å². The number of aromatic nitrogens is 1. The summed E-state index contributed by atoms with van der Waals surface area (Å²) in [6.45, 7) is 7.11. The van der Waals surface area contributed by atoms with Crippen molar-refractivity contribution >= 4 is 34.7 Å². The van der Waals surface area contributed by atoms with Gasteiger partial charge in [-0.2, -0.15) is 0 Å². The lowest BCUT2D eigenvalue weighted by Crippen LogP contribution is -2.22. The molecule has 0 aliphatic carbocycles. The Hall–Kier alpha value is -2.11. The number of hydrogen-bond donors (Lipinski definition) is 2. The number of rotatable bonds is 4. The predicted molar refractivity (Wildman–Crippen MR) is 93.5 cm³/mol. The molecule has 5 nitrogen and oxygen atoms in total. The zero-order valence-corrected chi connectivity index (χ0v) is 13.9. The van der Waals surface area contributed by atoms with Gasteiger partial charge in [-0.05, 0) is 36.9 Å². The van der Waals surface area contributed by atoms with E-state index in [1.165, 1.54) is 0 Å². The van der Waals surface area contributed by atoms with Crippen molar-refractivity contribution in [3.8, 4) is 0 Å². The van der Waals surface area contributed by atoms with Gasteiger partial charge in [0.15, 0.2) is 0 Å². The summed E-state index contributed by atoms with van der Waals surface area (Å²) < 4.78 is 0. The summed E-state index contributed by atoms with van der Waals surface area (Å²) in [6, 6.07) is 7.64. The van der Waals surface area contributed by atoms with E-state index in [4.69, 9.17) is 11.6 Å². The average Bonchev–Trinajstić information content (AvgIpc) is 2.68. The van der Waals surface area contributed by atoms with E-state index in [1.807, 2.05) is 12.1 Å². The van der Waals surface area contributed by atoms with Crippen molar-refractivity contribution in [1.82, 2.24) is 9.88 Å². The van der Waals surface area contributed by atoms with Gasteiger partial charge in [0.2, 0.25) is 0 Å². The van der Waals surface area contributed by atoms with Crippen molar-refractivity contribution in [3.63, 3.8) is 0 Å². The number of nitrogens with zero attached hydrogens (tertiary/aromatic N) is 2. The van der Waals surface area contributed by atoms with Gasteiger partial charge in [-0.1, -0.05) is 31.5 Å². The molecular formula is C17H19ClN4O. The fourth-order valence-corrected chi connectivity index (χ4v) is 2.90. The lowest BCUT2D eigenvalue weighted by atomic mass is 10.1. The second kappa shape index (κ2) is 6.56. The molecule has 0 radical (unpaired) electrons. The molecule has 3 rings (SSSR count). The second-order valence-electron chi connectivity index (χ2n) is 5.44. The molecule has 1 aliphatic rings. The van der Waals surface area contributed by atoms with Crippen molar-refractivity contribution < 1.29 is 4.79 Å². The largest absolute Gasteiger partial charge is 0.338 e. The van der Waals surface area contributed by atoms with Crippen LogP contribution in [0.25, 0.3) is 0 Å². The van der Waals surface area contributed by atoms with E-state index in [2.05, 4.69) is 40.4 Å². The summed E-state index contributed by atoms with van der Waals surface area (Å²) in [5.74, 6) is 0.231. The maximum Gasteiger partial charge on any atom is 0.261 e. The molecule has 2 aromatic rings. The molecule has 23 heavy (non-hydrogen) atoms. The first-order chi connectivity index (χ1) is 11.1. The summed E-state index contributed by atoms with van der Waals surface area (Å²) in [7, 11) is 0. The Bertz CT molecular complexity index is 743. The van der Waals surface area contributed by atoms with Crippen LogP contribution in [0.5, 0.6) is 0 Å². The maximum atomic E-state index is 12.4. The highest BCUT2D eigenvalue weighted by atomic mass is 35.5. The average molecular weight is 331 g/mol. The standard InChI is InChI=1S/C17H19ClN4O/c1-3-22(4-2)10-11-5-6-13-14(9-11)21-17(23)15-12(18)7-8-19-16(15)20-13/h5-9H,3-4,10H2,1-2H3,(H,19,20)(H,21,23). The van der Waals surface area contributed by atoms with Crippen molar-refractivity contribution in [3.05, 3.63) is 46.6 Å². The van der Waals surface area contributed by atoms with E-state index in [0.717, 1.165) is 36.6 Å². The van der Waals surface area contributed by atoms with Gasteiger partial charge in [-0.3, -0.25) is 9.69 Å². The minimum absolute atomic E-state index is 0.246. The van der Waals surface area contributed by atoms with Gasteiger partial charge >= 0.3 is 0 Å². The first kappa shape index (κ1) is 15.8. The molecule has 0 saturated heterocycles. The van der Waals surface area contributed by atoms with E-state index in [9.17, 15) is 4.79 Å². The normalized spacial score (nSPS) is 13.0. The molecule has 0 saturated carbocycles. The molecule has 1 aromatic heterocycles. The topological polar surface area (TPSA) is 57.3 Å². The number of halogens is 1. The Balaban J connectivity index is 1.95. The van der Waals surface area contributed by atoms with Gasteiger partial charge in [0.1, 0.15) is 11.4 Å². The quantitative estimate of drug-likeness (QED) is 0.893. The minimum Gasteiger partial charge on any atom is -0.338 e. The van der Waals surface area contributed by atoms with Gasteiger partial charge in [-0.15, -0.1) is 0 Å². The van der Waals surface area contributed by atoms with Crippen molar-refractivity contribution in [2.45, 2.75) is 20.4 Å². The molecule has 0 fully saturated rings. The van der Waals surface area contributed by atoms with E-state index < -0.39 is 0 Å². The number of anilines is 3. The Kier molecular flexibility index (Phi) is 4.50. The highest BCUT2D eigenvalue weighted by molar-refractivity contribution is 6.35. The highest BCUT2D eigenvalue weighted by Crippen LogP contribution is 2.34. The van der Waals surface area contributed by atoms with Gasteiger partial charge in [0.25, 0.3) is 5.91 Å². The smallest absolute Gasteiger partial charge is 0.261 e. The number of carbonyl (C=O) groups excluding carboxylic acids is 1. The highest BCUT2D eigenvalue weighted by Gasteiger charge is 2.22. The number of hydrogen-bond acceptors (Lipinski definition) is 4. The fourth-order valence-electron chi connectivity index (χ4n) is 2.67. The number of carbonyl (C=O) groups is 1. The summed E-state index contributed by atoms with van der Waals surface area (Å²) in [5, 5.41) is 6.50. The van der Waals surface area contributed by atoms with E-state index >= 15 is 0 Å². The molecule has 0 unspecified atom stereocenters. The molecule has 0 bridgehead atoms. The molecule has 120 valence electrons. The van der Waals surface area contributed by atoms with Crippen LogP contribution in [0, 0.1) is 0 Å². The van der Waals surface area contributed by atoms with Crippen LogP contribution in [0.2, 0.25) is 5.02 Å². The third-order valence-electron chi connectivity index (χ3n) is 4.01. The predicted octanol–water partition coefficient (Wildman–Crippen LogP) is 3.89. The lowest BCUT2D eigenvalue weighted by molar-refractivity contribution is 0.102. The lowest BCUT2D eigenvalue weighted by Gasteiger charge is -2.19. The third kappa shape index (κ3) is 3.16. The SMILES string of the molecule is CCN(CC)Cc1ccc2c(c1)NC(=O)c1c(Cl)ccnc1N2. The number of amides is 1. The fraction of sp³-hybridized carbons (Fsp3) is 0.294. The second-order valence-corrected chi connectivity index (χ2v) is 5.84. The van der Waals surface area contributed by atoms with Crippen LogP contribution in [0.3, 0.4) is 0 Å². The van der Waals surface area contributed by atoms with Crippen LogP contribution in [0.1, 0.15) is 29.8 Å². The Labute approximate surface area is 140 Å².